The number of halogens is 1. The Morgan fingerprint density at radius 3 is 2.96 bits per heavy atom. The number of aryl methyl sites for hydroxylation is 1. The molecule has 3 aromatic rings. The maximum absolute atomic E-state index is 6.15. The lowest BCUT2D eigenvalue weighted by Gasteiger charge is -2.25. The predicted octanol–water partition coefficient (Wildman–Crippen LogP) is 3.78. The third kappa shape index (κ3) is 3.27. The predicted molar refractivity (Wildman–Crippen MR) is 103 cm³/mol. The van der Waals surface area contributed by atoms with E-state index in [0.717, 1.165) is 60.9 Å². The van der Waals surface area contributed by atoms with E-state index in [2.05, 4.69) is 21.9 Å². The molecule has 7 heteroatoms. The Bertz CT molecular complexity index is 919. The summed E-state index contributed by atoms with van der Waals surface area (Å²) in [6.07, 6.45) is 4.34. The molecule has 4 rings (SSSR count). The van der Waals surface area contributed by atoms with Crippen LogP contribution in [0.2, 0.25) is 5.02 Å². The van der Waals surface area contributed by atoms with Crippen molar-refractivity contribution in [2.24, 2.45) is 0 Å². The van der Waals surface area contributed by atoms with Gasteiger partial charge in [0, 0.05) is 24.7 Å². The largest absolute Gasteiger partial charge is 0.376 e. The third-order valence-corrected chi connectivity index (χ3v) is 4.94. The highest BCUT2D eigenvalue weighted by Crippen LogP contribution is 2.27. The molecule has 0 spiro atoms. The van der Waals surface area contributed by atoms with Crippen LogP contribution in [-0.2, 0) is 4.74 Å². The van der Waals surface area contributed by atoms with Crippen LogP contribution in [-0.4, -0.2) is 45.5 Å². The SMILES string of the molecule is CCN(C[C@H]1CCCO1)c1nc(C)nc2c1cnn2-c1cccc(Cl)c1. The number of hydrogen-bond acceptors (Lipinski definition) is 5. The number of aromatic nitrogens is 4. The number of ether oxygens (including phenoxy) is 1. The first-order valence-corrected chi connectivity index (χ1v) is 9.38. The molecule has 1 saturated heterocycles. The van der Waals surface area contributed by atoms with Gasteiger partial charge in [0.25, 0.3) is 0 Å². The topological polar surface area (TPSA) is 56.1 Å². The quantitative estimate of drug-likeness (QED) is 0.683. The van der Waals surface area contributed by atoms with Crippen LogP contribution in [0.5, 0.6) is 0 Å². The summed E-state index contributed by atoms with van der Waals surface area (Å²) >= 11 is 6.15. The zero-order chi connectivity index (χ0) is 18.1. The Morgan fingerprint density at radius 2 is 2.23 bits per heavy atom. The Balaban J connectivity index is 1.78. The van der Waals surface area contributed by atoms with E-state index in [-0.39, 0.29) is 6.10 Å². The van der Waals surface area contributed by atoms with Crippen molar-refractivity contribution < 1.29 is 4.74 Å². The van der Waals surface area contributed by atoms with E-state index >= 15 is 0 Å². The number of likely N-dealkylation sites (N-methyl/N-ethyl adjacent to an activating group) is 1. The van der Waals surface area contributed by atoms with Gasteiger partial charge >= 0.3 is 0 Å². The molecule has 0 amide bonds. The van der Waals surface area contributed by atoms with Crippen LogP contribution in [0.1, 0.15) is 25.6 Å². The monoisotopic (exact) mass is 371 g/mol. The second-order valence-corrected chi connectivity index (χ2v) is 6.98. The normalized spacial score (nSPS) is 17.1. The molecule has 3 heterocycles. The van der Waals surface area contributed by atoms with Crippen LogP contribution in [0.25, 0.3) is 16.7 Å². The van der Waals surface area contributed by atoms with Crippen molar-refractivity contribution in [1.82, 2.24) is 19.7 Å². The maximum Gasteiger partial charge on any atom is 0.168 e. The second-order valence-electron chi connectivity index (χ2n) is 6.54. The van der Waals surface area contributed by atoms with E-state index in [1.807, 2.05) is 42.1 Å². The van der Waals surface area contributed by atoms with Gasteiger partial charge in [-0.15, -0.1) is 0 Å². The smallest absolute Gasteiger partial charge is 0.168 e. The Morgan fingerprint density at radius 1 is 1.35 bits per heavy atom. The lowest BCUT2D eigenvalue weighted by atomic mass is 10.2. The molecule has 1 aromatic carbocycles. The van der Waals surface area contributed by atoms with E-state index in [0.29, 0.717) is 5.02 Å². The van der Waals surface area contributed by atoms with Gasteiger partial charge in [0.05, 0.1) is 23.4 Å². The van der Waals surface area contributed by atoms with Gasteiger partial charge in [-0.1, -0.05) is 17.7 Å². The van der Waals surface area contributed by atoms with Crippen LogP contribution in [0.4, 0.5) is 5.82 Å². The average Bonchev–Trinajstić information content (AvgIpc) is 3.28. The van der Waals surface area contributed by atoms with Gasteiger partial charge in [-0.2, -0.15) is 5.10 Å². The Hall–Kier alpha value is -2.18. The van der Waals surface area contributed by atoms with E-state index < -0.39 is 0 Å². The number of fused-ring (bicyclic) bond motifs is 1. The van der Waals surface area contributed by atoms with Gasteiger partial charge in [-0.05, 0) is 44.9 Å². The van der Waals surface area contributed by atoms with Crippen molar-refractivity contribution in [2.75, 3.05) is 24.6 Å². The number of nitrogens with zero attached hydrogens (tertiary/aromatic N) is 5. The van der Waals surface area contributed by atoms with Crippen molar-refractivity contribution in [1.29, 1.82) is 0 Å². The minimum Gasteiger partial charge on any atom is -0.376 e. The third-order valence-electron chi connectivity index (χ3n) is 4.70. The molecule has 26 heavy (non-hydrogen) atoms. The van der Waals surface area contributed by atoms with Crippen molar-refractivity contribution in [3.63, 3.8) is 0 Å². The lowest BCUT2D eigenvalue weighted by molar-refractivity contribution is 0.115. The van der Waals surface area contributed by atoms with Gasteiger partial charge in [0.2, 0.25) is 0 Å². The van der Waals surface area contributed by atoms with Crippen molar-refractivity contribution in [3.8, 4) is 5.69 Å². The van der Waals surface area contributed by atoms with Crippen LogP contribution in [0.15, 0.2) is 30.5 Å². The first-order valence-electron chi connectivity index (χ1n) is 9.00. The molecule has 0 saturated carbocycles. The zero-order valence-corrected chi connectivity index (χ0v) is 15.8. The molecule has 1 aliphatic rings. The van der Waals surface area contributed by atoms with Gasteiger partial charge in [-0.25, -0.2) is 14.6 Å². The fraction of sp³-hybridized carbons (Fsp3) is 0.421. The standard InChI is InChI=1S/C19H22ClN5O/c1-3-24(12-16-8-5-9-26-16)18-17-11-21-25(19(17)23-13(2)22-18)15-7-4-6-14(20)10-15/h4,6-7,10-11,16H,3,5,8-9,12H2,1-2H3/t16-/m1/s1. The van der Waals surface area contributed by atoms with E-state index in [1.165, 1.54) is 0 Å². The van der Waals surface area contributed by atoms with Gasteiger partial charge < -0.3 is 9.64 Å². The van der Waals surface area contributed by atoms with Crippen molar-refractivity contribution in [2.45, 2.75) is 32.8 Å². The number of rotatable bonds is 5. The molecule has 1 aliphatic heterocycles. The second kappa shape index (κ2) is 7.21. The summed E-state index contributed by atoms with van der Waals surface area (Å²) in [5.74, 6) is 1.64. The molecule has 1 fully saturated rings. The molecule has 136 valence electrons. The van der Waals surface area contributed by atoms with Crippen LogP contribution >= 0.6 is 11.6 Å². The van der Waals surface area contributed by atoms with Gasteiger partial charge in [0.1, 0.15) is 11.6 Å². The van der Waals surface area contributed by atoms with Crippen LogP contribution in [0.3, 0.4) is 0 Å². The minimum absolute atomic E-state index is 0.267. The summed E-state index contributed by atoms with van der Waals surface area (Å²) < 4.78 is 7.63. The fourth-order valence-corrected chi connectivity index (χ4v) is 3.62. The molecule has 2 aromatic heterocycles. The average molecular weight is 372 g/mol. The molecule has 0 radical (unpaired) electrons. The number of benzene rings is 1. The summed E-state index contributed by atoms with van der Waals surface area (Å²) in [4.78, 5) is 11.6. The molecule has 0 unspecified atom stereocenters. The van der Waals surface area contributed by atoms with Crippen LogP contribution in [0, 0.1) is 6.92 Å². The van der Waals surface area contributed by atoms with Gasteiger partial charge in [0.15, 0.2) is 5.65 Å². The molecular formula is C19H22ClN5O. The molecule has 0 N–H and O–H groups in total. The van der Waals surface area contributed by atoms with Crippen molar-refractivity contribution in [3.05, 3.63) is 41.3 Å². The summed E-state index contributed by atoms with van der Waals surface area (Å²) in [6, 6.07) is 7.62. The van der Waals surface area contributed by atoms with Gasteiger partial charge in [-0.3, -0.25) is 0 Å². The maximum atomic E-state index is 6.15. The highest BCUT2D eigenvalue weighted by Gasteiger charge is 2.22. The first-order chi connectivity index (χ1) is 12.7. The lowest BCUT2D eigenvalue weighted by Crippen LogP contribution is -2.33. The first kappa shape index (κ1) is 17.2. The molecule has 0 bridgehead atoms. The molecular weight excluding hydrogens is 350 g/mol. The van der Waals surface area contributed by atoms with E-state index in [4.69, 9.17) is 21.3 Å². The number of anilines is 1. The van der Waals surface area contributed by atoms with Crippen LogP contribution < -0.4 is 4.90 Å². The molecule has 1 atom stereocenters. The highest BCUT2D eigenvalue weighted by atomic mass is 35.5. The van der Waals surface area contributed by atoms with E-state index in [9.17, 15) is 0 Å². The highest BCUT2D eigenvalue weighted by molar-refractivity contribution is 6.30. The summed E-state index contributed by atoms with van der Waals surface area (Å²) in [5.41, 5.74) is 1.68. The fourth-order valence-electron chi connectivity index (χ4n) is 3.44. The summed E-state index contributed by atoms with van der Waals surface area (Å²) in [7, 11) is 0. The zero-order valence-electron chi connectivity index (χ0n) is 15.0. The summed E-state index contributed by atoms with van der Waals surface area (Å²) in [6.45, 7) is 6.60. The molecule has 0 aliphatic carbocycles. The molecule has 6 nitrogen and oxygen atoms in total. The van der Waals surface area contributed by atoms with Crippen molar-refractivity contribution >= 4 is 28.5 Å². The van der Waals surface area contributed by atoms with E-state index in [1.54, 1.807) is 0 Å². The Labute approximate surface area is 157 Å². The Kier molecular flexibility index (Phi) is 4.78. The summed E-state index contributed by atoms with van der Waals surface area (Å²) in [5, 5.41) is 6.17. The number of hydrogen-bond donors (Lipinski definition) is 0. The minimum atomic E-state index is 0.267.